The van der Waals surface area contributed by atoms with Crippen LogP contribution in [0, 0.1) is 3.57 Å². The van der Waals surface area contributed by atoms with Gasteiger partial charge in [-0.3, -0.25) is 0 Å². The van der Waals surface area contributed by atoms with Crippen LogP contribution >= 0.6 is 45.8 Å². The maximum absolute atomic E-state index is 12.2. The van der Waals surface area contributed by atoms with Crippen molar-refractivity contribution in [2.24, 2.45) is 0 Å². The molecule has 12 heavy (non-hydrogen) atoms. The molecule has 1 nitrogen and oxygen atoms in total. The number of nitrogens with zero attached hydrogens (tertiary/aromatic N) is 1. The summed E-state index contributed by atoms with van der Waals surface area (Å²) in [5.41, 5.74) is -0.464. The van der Waals surface area contributed by atoms with Gasteiger partial charge in [-0.25, -0.2) is 13.8 Å². The highest BCUT2D eigenvalue weighted by Crippen LogP contribution is 2.30. The van der Waals surface area contributed by atoms with Crippen LogP contribution in [0.15, 0.2) is 6.07 Å². The van der Waals surface area contributed by atoms with Gasteiger partial charge in [0.1, 0.15) is 10.8 Å². The van der Waals surface area contributed by atoms with Gasteiger partial charge in [0.05, 0.1) is 5.02 Å². The minimum absolute atomic E-state index is 0.0269. The fraction of sp³-hybridized carbons (Fsp3) is 0.167. The van der Waals surface area contributed by atoms with Crippen LogP contribution in [0.25, 0.3) is 0 Å². The molecule has 0 aliphatic carbocycles. The third kappa shape index (κ3) is 2.17. The Morgan fingerprint density at radius 3 is 2.50 bits per heavy atom. The number of pyridine rings is 1. The van der Waals surface area contributed by atoms with Crippen molar-refractivity contribution in [1.29, 1.82) is 0 Å². The van der Waals surface area contributed by atoms with Crippen LogP contribution < -0.4 is 0 Å². The first-order valence-corrected chi connectivity index (χ1v) is 4.65. The molecular weight excluding hydrogens is 322 g/mol. The monoisotopic (exact) mass is 323 g/mol. The summed E-state index contributed by atoms with van der Waals surface area (Å²) in [6.07, 6.45) is -2.69. The minimum atomic E-state index is -2.69. The van der Waals surface area contributed by atoms with Crippen molar-refractivity contribution in [3.05, 3.63) is 25.5 Å². The first-order chi connectivity index (χ1) is 5.52. The molecule has 1 aromatic rings. The molecule has 0 radical (unpaired) electrons. The number of halogens is 5. The predicted molar refractivity (Wildman–Crippen MR) is 51.9 cm³/mol. The average molecular weight is 324 g/mol. The van der Waals surface area contributed by atoms with Crippen LogP contribution in [-0.4, -0.2) is 4.98 Å². The van der Waals surface area contributed by atoms with Crippen molar-refractivity contribution >= 4 is 45.8 Å². The van der Waals surface area contributed by atoms with Crippen molar-refractivity contribution in [3.63, 3.8) is 0 Å². The molecule has 0 aliphatic rings. The third-order valence-electron chi connectivity index (χ3n) is 1.11. The lowest BCUT2D eigenvalue weighted by Crippen LogP contribution is -1.94. The Hall–Kier alpha value is 0.320. The summed E-state index contributed by atoms with van der Waals surface area (Å²) in [6, 6.07) is 1.43. The van der Waals surface area contributed by atoms with Gasteiger partial charge in [-0.1, -0.05) is 23.2 Å². The summed E-state index contributed by atoms with van der Waals surface area (Å²) in [4.78, 5) is 3.41. The first-order valence-electron chi connectivity index (χ1n) is 2.82. The van der Waals surface area contributed by atoms with Gasteiger partial charge in [0.15, 0.2) is 0 Å². The van der Waals surface area contributed by atoms with E-state index in [4.69, 9.17) is 23.2 Å². The second kappa shape index (κ2) is 4.02. The molecule has 1 aromatic heterocycles. The topological polar surface area (TPSA) is 12.9 Å². The number of alkyl halides is 2. The van der Waals surface area contributed by atoms with Crippen LogP contribution in [-0.2, 0) is 0 Å². The van der Waals surface area contributed by atoms with E-state index < -0.39 is 12.1 Å². The van der Waals surface area contributed by atoms with Gasteiger partial charge >= 0.3 is 0 Å². The summed E-state index contributed by atoms with van der Waals surface area (Å²) in [7, 11) is 0. The minimum Gasteiger partial charge on any atom is -0.233 e. The van der Waals surface area contributed by atoms with Gasteiger partial charge in [0.2, 0.25) is 0 Å². The summed E-state index contributed by atoms with van der Waals surface area (Å²) >= 11 is 12.8. The number of hydrogen-bond acceptors (Lipinski definition) is 1. The lowest BCUT2D eigenvalue weighted by Gasteiger charge is -2.03. The van der Waals surface area contributed by atoms with Crippen LogP contribution in [0.1, 0.15) is 12.1 Å². The lowest BCUT2D eigenvalue weighted by atomic mass is 10.4. The van der Waals surface area contributed by atoms with Crippen LogP contribution in [0.3, 0.4) is 0 Å². The molecule has 0 saturated carbocycles. The molecule has 0 N–H and O–H groups in total. The maximum atomic E-state index is 12.2. The van der Waals surface area contributed by atoms with E-state index in [1.165, 1.54) is 6.07 Å². The molecule has 6 heteroatoms. The van der Waals surface area contributed by atoms with Crippen molar-refractivity contribution in [3.8, 4) is 0 Å². The Morgan fingerprint density at radius 2 is 2.00 bits per heavy atom. The summed E-state index contributed by atoms with van der Waals surface area (Å²) < 4.78 is 24.8. The van der Waals surface area contributed by atoms with E-state index in [9.17, 15) is 8.78 Å². The molecule has 0 bridgehead atoms. The Kier molecular flexibility index (Phi) is 3.48. The predicted octanol–water partition coefficient (Wildman–Crippen LogP) is 3.93. The summed E-state index contributed by atoms with van der Waals surface area (Å²) in [6.45, 7) is 0. The normalized spacial score (nSPS) is 10.8. The molecule has 0 fully saturated rings. The quantitative estimate of drug-likeness (QED) is 0.563. The van der Waals surface area contributed by atoms with Crippen LogP contribution in [0.5, 0.6) is 0 Å². The van der Waals surface area contributed by atoms with Crippen molar-refractivity contribution in [2.45, 2.75) is 6.43 Å². The molecule has 0 aromatic carbocycles. The van der Waals surface area contributed by atoms with E-state index in [0.29, 0.717) is 3.57 Å². The smallest absolute Gasteiger partial charge is 0.233 e. The zero-order valence-electron chi connectivity index (χ0n) is 5.49. The number of hydrogen-bond donors (Lipinski definition) is 0. The second-order valence-electron chi connectivity index (χ2n) is 1.93. The largest absolute Gasteiger partial charge is 0.281 e. The fourth-order valence-electron chi connectivity index (χ4n) is 0.631. The van der Waals surface area contributed by atoms with E-state index in [1.54, 1.807) is 0 Å². The van der Waals surface area contributed by atoms with Gasteiger partial charge < -0.3 is 0 Å². The maximum Gasteiger partial charge on any atom is 0.281 e. The van der Waals surface area contributed by atoms with Crippen molar-refractivity contribution in [2.75, 3.05) is 0 Å². The van der Waals surface area contributed by atoms with Crippen LogP contribution in [0.2, 0.25) is 10.2 Å². The van der Waals surface area contributed by atoms with Crippen molar-refractivity contribution in [1.82, 2.24) is 4.98 Å². The molecule has 0 saturated heterocycles. The van der Waals surface area contributed by atoms with Crippen molar-refractivity contribution < 1.29 is 8.78 Å². The van der Waals surface area contributed by atoms with Crippen LogP contribution in [0.4, 0.5) is 8.78 Å². The molecule has 0 atom stereocenters. The fourth-order valence-corrected chi connectivity index (χ4v) is 1.77. The zero-order chi connectivity index (χ0) is 9.30. The SMILES string of the molecule is FC(F)c1nc(Cl)cc(I)c1Cl. The third-order valence-corrected chi connectivity index (χ3v) is 2.87. The Morgan fingerprint density at radius 1 is 1.42 bits per heavy atom. The van der Waals surface area contributed by atoms with Gasteiger partial charge in [-0.15, -0.1) is 0 Å². The number of aromatic nitrogens is 1. The summed E-state index contributed by atoms with van der Waals surface area (Å²) in [5.74, 6) is 0. The van der Waals surface area contributed by atoms with E-state index in [0.717, 1.165) is 0 Å². The summed E-state index contributed by atoms with van der Waals surface area (Å²) in [5, 5.41) is -0.00546. The van der Waals surface area contributed by atoms with Gasteiger partial charge in [0.25, 0.3) is 6.43 Å². The molecule has 0 aliphatic heterocycles. The molecule has 0 spiro atoms. The van der Waals surface area contributed by atoms with Gasteiger partial charge in [-0.2, -0.15) is 0 Å². The van der Waals surface area contributed by atoms with Gasteiger partial charge in [-0.05, 0) is 28.7 Å². The molecule has 0 unspecified atom stereocenters. The Balaban J connectivity index is 3.28. The number of rotatable bonds is 1. The Bertz CT molecular complexity index is 306. The first kappa shape index (κ1) is 10.4. The highest BCUT2D eigenvalue weighted by Gasteiger charge is 2.16. The standard InChI is InChI=1S/C6H2Cl2F2IN/c7-3-1-2(11)4(8)5(12-3)6(9)10/h1,6H. The lowest BCUT2D eigenvalue weighted by molar-refractivity contribution is 0.146. The average Bonchev–Trinajstić information content (AvgIpc) is 1.96. The van der Waals surface area contributed by atoms with E-state index >= 15 is 0 Å². The molecule has 0 amide bonds. The highest BCUT2D eigenvalue weighted by molar-refractivity contribution is 14.1. The highest BCUT2D eigenvalue weighted by atomic mass is 127. The van der Waals surface area contributed by atoms with E-state index in [-0.39, 0.29) is 10.2 Å². The van der Waals surface area contributed by atoms with E-state index in [1.807, 2.05) is 22.6 Å². The molecule has 1 rings (SSSR count). The van der Waals surface area contributed by atoms with Gasteiger partial charge in [0, 0.05) is 3.57 Å². The second-order valence-corrected chi connectivity index (χ2v) is 3.85. The Labute approximate surface area is 91.2 Å². The molecule has 66 valence electrons. The molecular formula is C6H2Cl2F2IN. The zero-order valence-corrected chi connectivity index (χ0v) is 9.16. The van der Waals surface area contributed by atoms with E-state index in [2.05, 4.69) is 4.98 Å². The molecule has 1 heterocycles.